The molecule has 0 aliphatic heterocycles. The number of pyridine rings is 1. The molecule has 1 N–H and O–H groups in total. The van der Waals surface area contributed by atoms with Gasteiger partial charge in [0.2, 0.25) is 5.91 Å². The maximum atomic E-state index is 12.0. The maximum absolute atomic E-state index is 12.0. The van der Waals surface area contributed by atoms with Crippen molar-refractivity contribution in [2.75, 3.05) is 0 Å². The molecule has 2 heterocycles. The summed E-state index contributed by atoms with van der Waals surface area (Å²) >= 11 is 0. The number of nitrogens with one attached hydrogen (secondary N) is 1. The smallest absolute Gasteiger partial charge is 0.220 e. The fraction of sp³-hybridized carbons (Fsp3) is 0.222. The summed E-state index contributed by atoms with van der Waals surface area (Å²) in [4.78, 5) is 16.1. The number of amides is 1. The lowest BCUT2D eigenvalue weighted by Crippen LogP contribution is -2.26. The molecule has 0 fully saturated rings. The molecule has 1 atom stereocenters. The van der Waals surface area contributed by atoms with Gasteiger partial charge in [0.25, 0.3) is 0 Å². The van der Waals surface area contributed by atoms with Crippen molar-refractivity contribution in [2.24, 2.45) is 0 Å². The van der Waals surface area contributed by atoms with Crippen molar-refractivity contribution in [2.45, 2.75) is 25.8 Å². The number of carbonyl (C=O) groups excluding carboxylic acids is 1. The first-order valence-electron chi connectivity index (χ1n) is 7.39. The van der Waals surface area contributed by atoms with Crippen LogP contribution in [-0.2, 0) is 11.2 Å². The second-order valence-electron chi connectivity index (χ2n) is 5.33. The Morgan fingerprint density at radius 1 is 1.27 bits per heavy atom. The van der Waals surface area contributed by atoms with E-state index in [0.717, 1.165) is 22.3 Å². The summed E-state index contributed by atoms with van der Waals surface area (Å²) in [6, 6.07) is 13.6. The molecule has 1 aromatic carbocycles. The van der Waals surface area contributed by atoms with Gasteiger partial charge in [0.1, 0.15) is 11.3 Å². The van der Waals surface area contributed by atoms with Crippen molar-refractivity contribution in [3.63, 3.8) is 0 Å². The SMILES string of the molecule is C[C@H](NC(=O)CCc1cc2ccccc2o1)c1cccnc1. The molecule has 0 saturated carbocycles. The van der Waals surface area contributed by atoms with Crippen molar-refractivity contribution in [3.05, 3.63) is 66.2 Å². The third-order valence-corrected chi connectivity index (χ3v) is 3.64. The van der Waals surface area contributed by atoms with E-state index in [1.807, 2.05) is 49.4 Å². The first-order valence-corrected chi connectivity index (χ1v) is 7.39. The standard InChI is InChI=1S/C18H18N2O2/c1-13(15-6-4-10-19-12-15)20-18(21)9-8-16-11-14-5-2-3-7-17(14)22-16/h2-7,10-13H,8-9H2,1H3,(H,20,21)/t13-/m0/s1. The summed E-state index contributed by atoms with van der Waals surface area (Å²) in [5.41, 5.74) is 1.86. The molecule has 0 radical (unpaired) electrons. The summed E-state index contributed by atoms with van der Waals surface area (Å²) in [7, 11) is 0. The van der Waals surface area contributed by atoms with E-state index in [2.05, 4.69) is 10.3 Å². The molecule has 4 heteroatoms. The first kappa shape index (κ1) is 14.3. The van der Waals surface area contributed by atoms with E-state index < -0.39 is 0 Å². The molecule has 0 bridgehead atoms. The number of carbonyl (C=O) groups is 1. The van der Waals surface area contributed by atoms with Crippen LogP contribution >= 0.6 is 0 Å². The molecule has 22 heavy (non-hydrogen) atoms. The summed E-state index contributed by atoms with van der Waals surface area (Å²) in [6.07, 6.45) is 4.49. The van der Waals surface area contributed by atoms with E-state index in [9.17, 15) is 4.79 Å². The number of para-hydroxylation sites is 1. The van der Waals surface area contributed by atoms with Crippen LogP contribution in [0.3, 0.4) is 0 Å². The number of furan rings is 1. The number of aromatic nitrogens is 1. The highest BCUT2D eigenvalue weighted by Gasteiger charge is 2.11. The second-order valence-corrected chi connectivity index (χ2v) is 5.33. The van der Waals surface area contributed by atoms with Crippen LogP contribution in [0.5, 0.6) is 0 Å². The van der Waals surface area contributed by atoms with E-state index in [1.54, 1.807) is 12.4 Å². The summed E-state index contributed by atoms with van der Waals surface area (Å²) in [5.74, 6) is 0.849. The van der Waals surface area contributed by atoms with Crippen molar-refractivity contribution < 1.29 is 9.21 Å². The molecule has 4 nitrogen and oxygen atoms in total. The van der Waals surface area contributed by atoms with Crippen molar-refractivity contribution in [1.82, 2.24) is 10.3 Å². The lowest BCUT2D eigenvalue weighted by molar-refractivity contribution is -0.121. The van der Waals surface area contributed by atoms with Crippen LogP contribution in [0.2, 0.25) is 0 Å². The average Bonchev–Trinajstić information content (AvgIpc) is 2.96. The Morgan fingerprint density at radius 2 is 2.14 bits per heavy atom. The molecule has 2 aromatic heterocycles. The molecule has 0 unspecified atom stereocenters. The number of hydrogen-bond acceptors (Lipinski definition) is 3. The molecule has 3 rings (SSSR count). The van der Waals surface area contributed by atoms with Gasteiger partial charge in [-0.25, -0.2) is 0 Å². The van der Waals surface area contributed by atoms with Crippen molar-refractivity contribution >= 4 is 16.9 Å². The van der Waals surface area contributed by atoms with Crippen molar-refractivity contribution in [1.29, 1.82) is 0 Å². The number of fused-ring (bicyclic) bond motifs is 1. The minimum absolute atomic E-state index is 0.0109. The third-order valence-electron chi connectivity index (χ3n) is 3.64. The molecule has 0 aliphatic rings. The molecule has 1 amide bonds. The van der Waals surface area contributed by atoms with E-state index in [0.29, 0.717) is 12.8 Å². The normalized spacial score (nSPS) is 12.2. The Hall–Kier alpha value is -2.62. The quantitative estimate of drug-likeness (QED) is 0.781. The average molecular weight is 294 g/mol. The molecular weight excluding hydrogens is 276 g/mol. The number of aryl methyl sites for hydroxylation is 1. The van der Waals surface area contributed by atoms with Crippen LogP contribution in [0.15, 0.2) is 59.3 Å². The molecule has 0 spiro atoms. The summed E-state index contributed by atoms with van der Waals surface area (Å²) < 4.78 is 5.72. The van der Waals surface area contributed by atoms with Crippen LogP contribution in [0.1, 0.15) is 30.7 Å². The predicted molar refractivity (Wildman–Crippen MR) is 85.3 cm³/mol. The van der Waals surface area contributed by atoms with Gasteiger partial charge in [0.15, 0.2) is 0 Å². The van der Waals surface area contributed by atoms with Gasteiger partial charge in [-0.05, 0) is 30.7 Å². The van der Waals surface area contributed by atoms with Crippen molar-refractivity contribution in [3.8, 4) is 0 Å². The van der Waals surface area contributed by atoms with Crippen LogP contribution < -0.4 is 5.32 Å². The molecular formula is C18H18N2O2. The predicted octanol–water partition coefficient (Wildman–Crippen LogP) is 3.64. The monoisotopic (exact) mass is 294 g/mol. The minimum atomic E-state index is -0.0446. The first-order chi connectivity index (χ1) is 10.7. The van der Waals surface area contributed by atoms with Gasteiger partial charge in [0.05, 0.1) is 6.04 Å². The molecule has 0 aliphatic carbocycles. The van der Waals surface area contributed by atoms with E-state index in [-0.39, 0.29) is 11.9 Å². The van der Waals surface area contributed by atoms with Crippen LogP contribution in [0, 0.1) is 0 Å². The number of benzene rings is 1. The number of nitrogens with zero attached hydrogens (tertiary/aromatic N) is 1. The zero-order valence-corrected chi connectivity index (χ0v) is 12.5. The van der Waals surface area contributed by atoms with Crippen LogP contribution in [-0.4, -0.2) is 10.9 Å². The molecule has 3 aromatic rings. The third kappa shape index (κ3) is 3.34. The Balaban J connectivity index is 1.56. The van der Waals surface area contributed by atoms with Crippen LogP contribution in [0.4, 0.5) is 0 Å². The highest BCUT2D eigenvalue weighted by atomic mass is 16.3. The lowest BCUT2D eigenvalue weighted by Gasteiger charge is -2.13. The highest BCUT2D eigenvalue weighted by Crippen LogP contribution is 2.20. The topological polar surface area (TPSA) is 55.1 Å². The molecule has 0 saturated heterocycles. The van der Waals surface area contributed by atoms with Gasteiger partial charge in [0, 0.05) is 30.6 Å². The van der Waals surface area contributed by atoms with E-state index in [4.69, 9.17) is 4.42 Å². The Labute approximate surface area is 129 Å². The van der Waals surface area contributed by atoms with Crippen LogP contribution in [0.25, 0.3) is 11.0 Å². The Bertz CT molecular complexity index is 732. The van der Waals surface area contributed by atoms with Gasteiger partial charge in [-0.1, -0.05) is 24.3 Å². The van der Waals surface area contributed by atoms with Gasteiger partial charge < -0.3 is 9.73 Å². The van der Waals surface area contributed by atoms with Gasteiger partial charge in [-0.2, -0.15) is 0 Å². The highest BCUT2D eigenvalue weighted by molar-refractivity contribution is 5.79. The van der Waals surface area contributed by atoms with E-state index >= 15 is 0 Å². The van der Waals surface area contributed by atoms with E-state index in [1.165, 1.54) is 0 Å². The van der Waals surface area contributed by atoms with Gasteiger partial charge in [-0.3, -0.25) is 9.78 Å². The fourth-order valence-electron chi connectivity index (χ4n) is 2.43. The summed E-state index contributed by atoms with van der Waals surface area (Å²) in [6.45, 7) is 1.95. The Morgan fingerprint density at radius 3 is 2.91 bits per heavy atom. The Kier molecular flexibility index (Phi) is 4.19. The van der Waals surface area contributed by atoms with Gasteiger partial charge >= 0.3 is 0 Å². The second kappa shape index (κ2) is 6.43. The number of rotatable bonds is 5. The zero-order chi connectivity index (χ0) is 15.4. The largest absolute Gasteiger partial charge is 0.461 e. The lowest BCUT2D eigenvalue weighted by atomic mass is 10.1. The van der Waals surface area contributed by atoms with Gasteiger partial charge in [-0.15, -0.1) is 0 Å². The molecule has 112 valence electrons. The zero-order valence-electron chi connectivity index (χ0n) is 12.5. The number of hydrogen-bond donors (Lipinski definition) is 1. The maximum Gasteiger partial charge on any atom is 0.220 e. The minimum Gasteiger partial charge on any atom is -0.461 e. The fourth-order valence-corrected chi connectivity index (χ4v) is 2.43. The summed E-state index contributed by atoms with van der Waals surface area (Å²) in [5, 5.41) is 4.05.